The highest BCUT2D eigenvalue weighted by Crippen LogP contribution is 2.61. The molecule has 27 heavy (non-hydrogen) atoms. The third-order valence-corrected chi connectivity index (χ3v) is 6.83. The van der Waals surface area contributed by atoms with Gasteiger partial charge in [-0.2, -0.15) is 0 Å². The van der Waals surface area contributed by atoms with E-state index in [1.165, 1.54) is 49.3 Å². The van der Waals surface area contributed by atoms with E-state index in [1.54, 1.807) is 6.20 Å². The average molecular weight is 371 g/mol. The number of benzene rings is 1. The monoisotopic (exact) mass is 371 g/mol. The van der Waals surface area contributed by atoms with Crippen LogP contribution in [0, 0.1) is 34.8 Å². The van der Waals surface area contributed by atoms with Gasteiger partial charge in [-0.1, -0.05) is 5.21 Å². The van der Waals surface area contributed by atoms with E-state index in [0.29, 0.717) is 17.7 Å². The molecule has 1 aromatic carbocycles. The van der Waals surface area contributed by atoms with Crippen molar-refractivity contribution < 1.29 is 13.6 Å². The van der Waals surface area contributed by atoms with Crippen LogP contribution in [0.2, 0.25) is 0 Å². The molecule has 4 aliphatic carbocycles. The Labute approximate surface area is 157 Å². The van der Waals surface area contributed by atoms with Crippen LogP contribution in [0.25, 0.3) is 11.3 Å². The Morgan fingerprint density at radius 3 is 2.37 bits per heavy atom. The molecule has 0 unspecified atom stereocenters. The van der Waals surface area contributed by atoms with Gasteiger partial charge in [0.1, 0.15) is 12.2 Å². The number of Topliss-reactive ketones (excluding diaryl/α,β-unsaturated/α-hetero) is 1. The number of aromatic nitrogens is 3. The van der Waals surface area contributed by atoms with Crippen molar-refractivity contribution in [1.82, 2.24) is 15.0 Å². The SMILES string of the molecule is O=C(Cn1cc(-c2ccc(F)c(F)c2)nn1)CC12CC3CC(CC(C3)C1)C2. The Bertz CT molecular complexity index is 856. The van der Waals surface area contributed by atoms with Crippen molar-refractivity contribution in [2.45, 2.75) is 51.5 Å². The van der Waals surface area contributed by atoms with E-state index in [2.05, 4.69) is 10.3 Å². The molecule has 0 radical (unpaired) electrons. The van der Waals surface area contributed by atoms with Crippen molar-refractivity contribution in [3.05, 3.63) is 36.0 Å². The van der Waals surface area contributed by atoms with Gasteiger partial charge in [0.2, 0.25) is 0 Å². The molecule has 0 amide bonds. The molecule has 4 fully saturated rings. The molecule has 0 spiro atoms. The highest BCUT2D eigenvalue weighted by atomic mass is 19.2. The molecule has 1 heterocycles. The normalized spacial score (nSPS) is 31.4. The Morgan fingerprint density at radius 1 is 1.07 bits per heavy atom. The van der Waals surface area contributed by atoms with Crippen LogP contribution in [0.3, 0.4) is 0 Å². The van der Waals surface area contributed by atoms with Crippen LogP contribution in [-0.2, 0) is 11.3 Å². The summed E-state index contributed by atoms with van der Waals surface area (Å²) in [6.45, 7) is 0.193. The van der Waals surface area contributed by atoms with Crippen LogP contribution in [0.4, 0.5) is 8.78 Å². The predicted molar refractivity (Wildman–Crippen MR) is 95.6 cm³/mol. The van der Waals surface area contributed by atoms with E-state index in [4.69, 9.17) is 0 Å². The summed E-state index contributed by atoms with van der Waals surface area (Å²) < 4.78 is 28.0. The van der Waals surface area contributed by atoms with Crippen LogP contribution in [0.1, 0.15) is 44.9 Å². The second-order valence-corrected chi connectivity index (χ2v) is 9.06. The van der Waals surface area contributed by atoms with E-state index in [1.807, 2.05) is 0 Å². The van der Waals surface area contributed by atoms with Gasteiger partial charge < -0.3 is 0 Å². The molecule has 4 aliphatic rings. The average Bonchev–Trinajstić information content (AvgIpc) is 3.03. The van der Waals surface area contributed by atoms with E-state index < -0.39 is 11.6 Å². The quantitative estimate of drug-likeness (QED) is 0.783. The highest BCUT2D eigenvalue weighted by Gasteiger charge is 2.51. The molecule has 0 N–H and O–H groups in total. The van der Waals surface area contributed by atoms with Gasteiger partial charge >= 0.3 is 0 Å². The molecule has 6 rings (SSSR count). The van der Waals surface area contributed by atoms with Crippen LogP contribution < -0.4 is 0 Å². The maximum atomic E-state index is 13.4. The topological polar surface area (TPSA) is 47.8 Å². The Balaban J connectivity index is 1.27. The van der Waals surface area contributed by atoms with Gasteiger partial charge in [0.25, 0.3) is 0 Å². The molecule has 2 aromatic rings. The molecule has 0 aliphatic heterocycles. The fraction of sp³-hybridized carbons (Fsp3) is 0.571. The summed E-state index contributed by atoms with van der Waals surface area (Å²) in [5.74, 6) is 0.872. The van der Waals surface area contributed by atoms with Gasteiger partial charge in [-0.15, -0.1) is 5.10 Å². The molecule has 4 bridgehead atoms. The predicted octanol–water partition coefficient (Wildman–Crippen LogP) is 4.40. The highest BCUT2D eigenvalue weighted by molar-refractivity contribution is 5.79. The standard InChI is InChI=1S/C21H23F2N3O/c22-18-2-1-16(6-19(18)23)20-12-26(25-24-20)11-17(27)10-21-7-13-3-14(8-21)5-15(4-13)9-21/h1-2,6,12-15H,3-5,7-11H2. The summed E-state index contributed by atoms with van der Waals surface area (Å²) >= 11 is 0. The summed E-state index contributed by atoms with van der Waals surface area (Å²) in [7, 11) is 0. The van der Waals surface area contributed by atoms with E-state index in [9.17, 15) is 13.6 Å². The summed E-state index contributed by atoms with van der Waals surface area (Å²) in [4.78, 5) is 12.7. The maximum absolute atomic E-state index is 13.4. The lowest BCUT2D eigenvalue weighted by Gasteiger charge is -2.56. The van der Waals surface area contributed by atoms with Gasteiger partial charge in [-0.05, 0) is 79.9 Å². The maximum Gasteiger partial charge on any atom is 0.159 e. The first-order valence-electron chi connectivity index (χ1n) is 9.85. The molecule has 0 atom stereocenters. The first-order chi connectivity index (χ1) is 13.0. The smallest absolute Gasteiger partial charge is 0.159 e. The number of nitrogens with zero attached hydrogens (tertiary/aromatic N) is 3. The zero-order valence-electron chi connectivity index (χ0n) is 15.2. The van der Waals surface area contributed by atoms with Crippen LogP contribution >= 0.6 is 0 Å². The molecule has 6 heteroatoms. The Morgan fingerprint density at radius 2 is 1.74 bits per heavy atom. The molecule has 4 saturated carbocycles. The van der Waals surface area contributed by atoms with E-state index in [-0.39, 0.29) is 17.7 Å². The number of carbonyl (C=O) groups is 1. The third-order valence-electron chi connectivity index (χ3n) is 6.83. The zero-order valence-corrected chi connectivity index (χ0v) is 15.2. The summed E-state index contributed by atoms with van der Waals surface area (Å²) in [6, 6.07) is 3.63. The second-order valence-electron chi connectivity index (χ2n) is 9.06. The number of hydrogen-bond donors (Lipinski definition) is 0. The first-order valence-corrected chi connectivity index (χ1v) is 9.85. The van der Waals surface area contributed by atoms with Gasteiger partial charge in [0.15, 0.2) is 17.4 Å². The minimum absolute atomic E-state index is 0.193. The van der Waals surface area contributed by atoms with Crippen LogP contribution in [-0.4, -0.2) is 20.8 Å². The van der Waals surface area contributed by atoms with Gasteiger partial charge in [0, 0.05) is 12.0 Å². The van der Waals surface area contributed by atoms with Crippen LogP contribution in [0.15, 0.2) is 24.4 Å². The molecular formula is C21H23F2N3O. The van der Waals surface area contributed by atoms with Crippen molar-refractivity contribution >= 4 is 5.78 Å². The largest absolute Gasteiger partial charge is 0.298 e. The number of rotatable bonds is 5. The minimum Gasteiger partial charge on any atom is -0.298 e. The van der Waals surface area contributed by atoms with Gasteiger partial charge in [0.05, 0.1) is 6.20 Å². The zero-order chi connectivity index (χ0) is 18.6. The number of ketones is 1. The number of carbonyl (C=O) groups excluding carboxylic acids is 1. The van der Waals surface area contributed by atoms with Crippen molar-refractivity contribution in [3.8, 4) is 11.3 Å². The molecular weight excluding hydrogens is 348 g/mol. The van der Waals surface area contributed by atoms with Gasteiger partial charge in [-0.3, -0.25) is 4.79 Å². The Kier molecular flexibility index (Phi) is 3.92. The molecule has 1 aromatic heterocycles. The fourth-order valence-electron chi connectivity index (χ4n) is 6.32. The van der Waals surface area contributed by atoms with Crippen molar-refractivity contribution in [2.75, 3.05) is 0 Å². The van der Waals surface area contributed by atoms with E-state index in [0.717, 1.165) is 29.9 Å². The Hall–Kier alpha value is -2.11. The van der Waals surface area contributed by atoms with E-state index >= 15 is 0 Å². The van der Waals surface area contributed by atoms with Crippen molar-refractivity contribution in [3.63, 3.8) is 0 Å². The number of hydrogen-bond acceptors (Lipinski definition) is 3. The lowest BCUT2D eigenvalue weighted by Crippen LogP contribution is -2.47. The second kappa shape index (κ2) is 6.21. The third kappa shape index (κ3) is 3.19. The summed E-state index contributed by atoms with van der Waals surface area (Å²) in [6.07, 6.45) is 10.0. The van der Waals surface area contributed by atoms with Crippen molar-refractivity contribution in [2.24, 2.45) is 23.2 Å². The van der Waals surface area contributed by atoms with Crippen molar-refractivity contribution in [1.29, 1.82) is 0 Å². The molecule has 4 nitrogen and oxygen atoms in total. The fourth-order valence-corrected chi connectivity index (χ4v) is 6.32. The van der Waals surface area contributed by atoms with Crippen LogP contribution in [0.5, 0.6) is 0 Å². The lowest BCUT2D eigenvalue weighted by molar-refractivity contribution is -0.128. The lowest BCUT2D eigenvalue weighted by atomic mass is 9.48. The summed E-state index contributed by atoms with van der Waals surface area (Å²) in [5.41, 5.74) is 1.11. The number of halogens is 2. The minimum atomic E-state index is -0.917. The molecule has 0 saturated heterocycles. The summed E-state index contributed by atoms with van der Waals surface area (Å²) in [5, 5.41) is 8.02. The van der Waals surface area contributed by atoms with Gasteiger partial charge in [-0.25, -0.2) is 13.5 Å². The first kappa shape index (κ1) is 17.0. The molecule has 142 valence electrons.